The van der Waals surface area contributed by atoms with Crippen LogP contribution < -0.4 is 5.32 Å². The lowest BCUT2D eigenvalue weighted by Gasteiger charge is -2.12. The van der Waals surface area contributed by atoms with Crippen molar-refractivity contribution in [2.45, 2.75) is 38.3 Å². The fraction of sp³-hybridized carbons (Fsp3) is 0.412. The van der Waals surface area contributed by atoms with Crippen LogP contribution in [-0.4, -0.2) is 11.8 Å². The van der Waals surface area contributed by atoms with Crippen molar-refractivity contribution in [2.24, 2.45) is 0 Å². The Morgan fingerprint density at radius 3 is 2.60 bits per heavy atom. The van der Waals surface area contributed by atoms with Crippen LogP contribution in [0.15, 0.2) is 35.7 Å². The highest BCUT2D eigenvalue weighted by molar-refractivity contribution is 7.99. The molecule has 2 rings (SSSR count). The van der Waals surface area contributed by atoms with Crippen LogP contribution in [0.2, 0.25) is 0 Å². The summed E-state index contributed by atoms with van der Waals surface area (Å²) in [5.41, 5.74) is 4.17. The van der Waals surface area contributed by atoms with Crippen molar-refractivity contribution in [3.8, 4) is 0 Å². The summed E-state index contributed by atoms with van der Waals surface area (Å²) in [6.07, 6.45) is 0. The molecule has 0 aliphatic carbocycles. The van der Waals surface area contributed by atoms with Crippen molar-refractivity contribution in [1.29, 1.82) is 0 Å². The summed E-state index contributed by atoms with van der Waals surface area (Å²) in [4.78, 5) is 1.41. The lowest BCUT2D eigenvalue weighted by molar-refractivity contribution is 0.690. The van der Waals surface area contributed by atoms with Gasteiger partial charge in [-0.05, 0) is 30.9 Å². The van der Waals surface area contributed by atoms with Crippen molar-refractivity contribution in [3.63, 3.8) is 0 Å². The molecule has 0 saturated carbocycles. The molecule has 1 heterocycles. The SMILES string of the molecule is Cc1cc(C)cc(CSC(C)CNCc2cccs2)c1. The molecule has 0 amide bonds. The smallest absolute Gasteiger partial charge is 0.0300 e. The molecule has 2 aromatic rings. The predicted molar refractivity (Wildman–Crippen MR) is 92.7 cm³/mol. The first-order chi connectivity index (χ1) is 9.63. The zero-order valence-electron chi connectivity index (χ0n) is 12.5. The molecule has 1 N–H and O–H groups in total. The molecule has 3 heteroatoms. The van der Waals surface area contributed by atoms with Gasteiger partial charge in [0.25, 0.3) is 0 Å². The van der Waals surface area contributed by atoms with E-state index in [9.17, 15) is 0 Å². The van der Waals surface area contributed by atoms with Gasteiger partial charge in [-0.25, -0.2) is 0 Å². The second-order valence-electron chi connectivity index (χ2n) is 5.33. The number of aryl methyl sites for hydroxylation is 2. The molecule has 0 aliphatic heterocycles. The summed E-state index contributed by atoms with van der Waals surface area (Å²) in [5, 5.41) is 6.31. The van der Waals surface area contributed by atoms with E-state index in [1.807, 2.05) is 23.1 Å². The van der Waals surface area contributed by atoms with Crippen LogP contribution in [0.25, 0.3) is 0 Å². The summed E-state index contributed by atoms with van der Waals surface area (Å²) in [7, 11) is 0. The van der Waals surface area contributed by atoms with Crippen molar-refractivity contribution in [2.75, 3.05) is 6.54 Å². The first kappa shape index (κ1) is 15.6. The van der Waals surface area contributed by atoms with Crippen molar-refractivity contribution in [3.05, 3.63) is 57.3 Å². The number of nitrogens with one attached hydrogen (secondary N) is 1. The average Bonchev–Trinajstić information content (AvgIpc) is 2.88. The van der Waals surface area contributed by atoms with Crippen LogP contribution in [0, 0.1) is 13.8 Å². The van der Waals surface area contributed by atoms with Gasteiger partial charge in [0.05, 0.1) is 0 Å². The molecule has 20 heavy (non-hydrogen) atoms. The number of benzene rings is 1. The molecule has 1 unspecified atom stereocenters. The number of rotatable bonds is 7. The number of hydrogen-bond donors (Lipinski definition) is 1. The topological polar surface area (TPSA) is 12.0 Å². The van der Waals surface area contributed by atoms with Crippen molar-refractivity contribution >= 4 is 23.1 Å². The minimum Gasteiger partial charge on any atom is -0.311 e. The van der Waals surface area contributed by atoms with Gasteiger partial charge in [-0.3, -0.25) is 0 Å². The maximum atomic E-state index is 3.54. The third-order valence-electron chi connectivity index (χ3n) is 3.13. The molecule has 1 aromatic carbocycles. The molecule has 0 aliphatic rings. The van der Waals surface area contributed by atoms with Gasteiger partial charge in [0, 0.05) is 29.0 Å². The maximum Gasteiger partial charge on any atom is 0.0300 e. The van der Waals surface area contributed by atoms with E-state index in [1.165, 1.54) is 21.6 Å². The monoisotopic (exact) mass is 305 g/mol. The van der Waals surface area contributed by atoms with Gasteiger partial charge in [0.15, 0.2) is 0 Å². The molecule has 0 radical (unpaired) electrons. The Balaban J connectivity index is 1.70. The highest BCUT2D eigenvalue weighted by Gasteiger charge is 2.04. The zero-order chi connectivity index (χ0) is 14.4. The predicted octanol–water partition coefficient (Wildman–Crippen LogP) is 4.78. The van der Waals surface area contributed by atoms with Crippen LogP contribution in [0.1, 0.15) is 28.5 Å². The summed E-state index contributed by atoms with van der Waals surface area (Å²) < 4.78 is 0. The lowest BCUT2D eigenvalue weighted by atomic mass is 10.1. The molecular formula is C17H23NS2. The van der Waals surface area contributed by atoms with Gasteiger partial charge >= 0.3 is 0 Å². The minimum atomic E-state index is 0.635. The Hall–Kier alpha value is -0.770. The largest absolute Gasteiger partial charge is 0.311 e. The van der Waals surface area contributed by atoms with Crippen LogP contribution in [0.4, 0.5) is 0 Å². The molecule has 1 aromatic heterocycles. The summed E-state index contributed by atoms with van der Waals surface area (Å²) in [5.74, 6) is 1.10. The Labute approximate surface area is 130 Å². The Kier molecular flexibility index (Phi) is 6.14. The number of thioether (sulfide) groups is 1. The van der Waals surface area contributed by atoms with E-state index < -0.39 is 0 Å². The lowest BCUT2D eigenvalue weighted by Crippen LogP contribution is -2.21. The summed E-state index contributed by atoms with van der Waals surface area (Å²) in [6, 6.07) is 11.1. The fourth-order valence-electron chi connectivity index (χ4n) is 2.26. The highest BCUT2D eigenvalue weighted by atomic mass is 32.2. The first-order valence-electron chi connectivity index (χ1n) is 7.05. The van der Waals surface area contributed by atoms with Crippen molar-refractivity contribution in [1.82, 2.24) is 5.32 Å². The summed E-state index contributed by atoms with van der Waals surface area (Å²) in [6.45, 7) is 8.70. The maximum absolute atomic E-state index is 3.54. The molecule has 0 saturated heterocycles. The second kappa shape index (κ2) is 7.87. The molecular weight excluding hydrogens is 282 g/mol. The van der Waals surface area contributed by atoms with Gasteiger partial charge in [0.2, 0.25) is 0 Å². The number of hydrogen-bond acceptors (Lipinski definition) is 3. The molecule has 108 valence electrons. The van der Waals surface area contributed by atoms with Gasteiger partial charge < -0.3 is 5.32 Å². The van der Waals surface area contributed by atoms with E-state index in [-0.39, 0.29) is 0 Å². The van der Waals surface area contributed by atoms with Gasteiger partial charge in [-0.2, -0.15) is 11.8 Å². The zero-order valence-corrected chi connectivity index (χ0v) is 14.1. The minimum absolute atomic E-state index is 0.635. The molecule has 0 bridgehead atoms. The highest BCUT2D eigenvalue weighted by Crippen LogP contribution is 2.19. The van der Waals surface area contributed by atoms with Crippen LogP contribution in [-0.2, 0) is 12.3 Å². The van der Waals surface area contributed by atoms with Gasteiger partial charge in [0.1, 0.15) is 0 Å². The third-order valence-corrected chi connectivity index (χ3v) is 5.24. The Bertz CT molecular complexity index is 500. The van der Waals surface area contributed by atoms with E-state index in [0.717, 1.165) is 18.8 Å². The van der Waals surface area contributed by atoms with Crippen LogP contribution in [0.3, 0.4) is 0 Å². The third kappa shape index (κ3) is 5.31. The quantitative estimate of drug-likeness (QED) is 0.790. The van der Waals surface area contributed by atoms with E-state index in [0.29, 0.717) is 5.25 Å². The molecule has 0 fully saturated rings. The fourth-order valence-corrected chi connectivity index (χ4v) is 3.82. The van der Waals surface area contributed by atoms with E-state index in [1.54, 1.807) is 0 Å². The average molecular weight is 306 g/mol. The number of thiophene rings is 1. The molecule has 1 atom stereocenters. The second-order valence-corrected chi connectivity index (χ2v) is 7.79. The molecule has 0 spiro atoms. The summed E-state index contributed by atoms with van der Waals surface area (Å²) >= 11 is 3.84. The normalized spacial score (nSPS) is 12.6. The van der Waals surface area contributed by atoms with E-state index in [4.69, 9.17) is 0 Å². The van der Waals surface area contributed by atoms with Crippen molar-refractivity contribution < 1.29 is 0 Å². The van der Waals surface area contributed by atoms with Crippen LogP contribution in [0.5, 0.6) is 0 Å². The Morgan fingerprint density at radius 1 is 1.20 bits per heavy atom. The van der Waals surface area contributed by atoms with Gasteiger partial charge in [-0.15, -0.1) is 11.3 Å². The van der Waals surface area contributed by atoms with Gasteiger partial charge in [-0.1, -0.05) is 42.3 Å². The Morgan fingerprint density at radius 2 is 1.95 bits per heavy atom. The van der Waals surface area contributed by atoms with E-state index >= 15 is 0 Å². The van der Waals surface area contributed by atoms with Crippen LogP contribution >= 0.6 is 23.1 Å². The molecule has 1 nitrogen and oxygen atoms in total. The first-order valence-corrected chi connectivity index (χ1v) is 8.98. The standard InChI is InChI=1S/C17H23NS2/c1-13-7-14(2)9-16(8-13)12-20-15(3)10-18-11-17-5-4-6-19-17/h4-9,15,18H,10-12H2,1-3H3. The van der Waals surface area contributed by atoms with E-state index in [2.05, 4.69) is 61.8 Å².